The Morgan fingerprint density at radius 2 is 1.89 bits per heavy atom. The first-order valence-corrected chi connectivity index (χ1v) is 6.58. The standard InChI is InChI=1S/C16H18ClN/c1-12-6-5-7-14(10-12)11-18-13(2)15-8-3-4-9-16(15)17/h3-10,13,18H,11H2,1-2H3/t13-/m1/s1. The van der Waals surface area contributed by atoms with Crippen LogP contribution in [0.25, 0.3) is 0 Å². The topological polar surface area (TPSA) is 12.0 Å². The Morgan fingerprint density at radius 1 is 1.11 bits per heavy atom. The van der Waals surface area contributed by atoms with Gasteiger partial charge in [0.1, 0.15) is 0 Å². The van der Waals surface area contributed by atoms with E-state index >= 15 is 0 Å². The molecule has 0 radical (unpaired) electrons. The minimum atomic E-state index is 0.249. The Balaban J connectivity index is 2.00. The summed E-state index contributed by atoms with van der Waals surface area (Å²) in [5.74, 6) is 0. The number of hydrogen-bond donors (Lipinski definition) is 1. The molecule has 2 rings (SSSR count). The molecule has 0 saturated carbocycles. The predicted molar refractivity (Wildman–Crippen MR) is 77.9 cm³/mol. The van der Waals surface area contributed by atoms with Gasteiger partial charge in [-0.25, -0.2) is 0 Å². The third-order valence-electron chi connectivity index (χ3n) is 3.07. The largest absolute Gasteiger partial charge is 0.306 e. The number of aryl methyl sites for hydroxylation is 1. The Kier molecular flexibility index (Phi) is 4.40. The molecule has 0 unspecified atom stereocenters. The van der Waals surface area contributed by atoms with E-state index in [2.05, 4.69) is 49.5 Å². The monoisotopic (exact) mass is 259 g/mol. The van der Waals surface area contributed by atoms with E-state index in [1.54, 1.807) is 0 Å². The molecule has 2 heteroatoms. The lowest BCUT2D eigenvalue weighted by Crippen LogP contribution is -2.18. The highest BCUT2D eigenvalue weighted by molar-refractivity contribution is 6.31. The van der Waals surface area contributed by atoms with Gasteiger partial charge in [-0.1, -0.05) is 59.6 Å². The van der Waals surface area contributed by atoms with Crippen molar-refractivity contribution < 1.29 is 0 Å². The molecule has 0 fully saturated rings. The molecule has 0 heterocycles. The summed E-state index contributed by atoms with van der Waals surface area (Å²) in [7, 11) is 0. The van der Waals surface area contributed by atoms with Crippen LogP contribution in [0.5, 0.6) is 0 Å². The van der Waals surface area contributed by atoms with Gasteiger partial charge < -0.3 is 5.32 Å². The zero-order chi connectivity index (χ0) is 13.0. The first-order valence-electron chi connectivity index (χ1n) is 6.20. The predicted octanol–water partition coefficient (Wildman–Crippen LogP) is 4.50. The highest BCUT2D eigenvalue weighted by Gasteiger charge is 2.08. The second-order valence-corrected chi connectivity index (χ2v) is 5.02. The fourth-order valence-corrected chi connectivity index (χ4v) is 2.33. The number of benzene rings is 2. The maximum absolute atomic E-state index is 6.19. The maximum atomic E-state index is 6.19. The zero-order valence-corrected chi connectivity index (χ0v) is 11.5. The molecule has 1 atom stereocenters. The van der Waals surface area contributed by atoms with Crippen LogP contribution in [-0.2, 0) is 6.54 Å². The summed E-state index contributed by atoms with van der Waals surface area (Å²) in [6.45, 7) is 5.10. The SMILES string of the molecule is Cc1cccc(CN[C@H](C)c2ccccc2Cl)c1. The van der Waals surface area contributed by atoms with Gasteiger partial charge in [-0.05, 0) is 31.0 Å². The summed E-state index contributed by atoms with van der Waals surface area (Å²) in [4.78, 5) is 0. The molecule has 1 nitrogen and oxygen atoms in total. The van der Waals surface area contributed by atoms with Crippen molar-refractivity contribution in [3.8, 4) is 0 Å². The molecular formula is C16H18ClN. The van der Waals surface area contributed by atoms with Crippen molar-refractivity contribution in [1.82, 2.24) is 5.32 Å². The van der Waals surface area contributed by atoms with Crippen LogP contribution in [0.15, 0.2) is 48.5 Å². The van der Waals surface area contributed by atoms with Crippen molar-refractivity contribution in [2.45, 2.75) is 26.4 Å². The van der Waals surface area contributed by atoms with Crippen LogP contribution in [0.1, 0.15) is 29.7 Å². The van der Waals surface area contributed by atoms with E-state index in [9.17, 15) is 0 Å². The van der Waals surface area contributed by atoms with E-state index in [1.807, 2.05) is 18.2 Å². The van der Waals surface area contributed by atoms with Crippen LogP contribution >= 0.6 is 11.6 Å². The van der Waals surface area contributed by atoms with Crippen LogP contribution in [0.4, 0.5) is 0 Å². The van der Waals surface area contributed by atoms with Gasteiger partial charge in [0.15, 0.2) is 0 Å². The summed E-state index contributed by atoms with van der Waals surface area (Å²) >= 11 is 6.19. The molecule has 0 aromatic heterocycles. The molecule has 18 heavy (non-hydrogen) atoms. The van der Waals surface area contributed by atoms with Crippen molar-refractivity contribution in [1.29, 1.82) is 0 Å². The molecule has 2 aromatic rings. The highest BCUT2D eigenvalue weighted by atomic mass is 35.5. The van der Waals surface area contributed by atoms with Crippen LogP contribution in [0.2, 0.25) is 5.02 Å². The summed E-state index contributed by atoms with van der Waals surface area (Å²) in [5.41, 5.74) is 3.74. The molecule has 94 valence electrons. The van der Waals surface area contributed by atoms with Gasteiger partial charge in [0.2, 0.25) is 0 Å². The molecule has 0 aliphatic heterocycles. The second kappa shape index (κ2) is 6.03. The normalized spacial score (nSPS) is 12.4. The summed E-state index contributed by atoms with van der Waals surface area (Å²) in [5, 5.41) is 4.32. The molecule has 0 spiro atoms. The van der Waals surface area contributed by atoms with E-state index < -0.39 is 0 Å². The Hall–Kier alpha value is -1.31. The van der Waals surface area contributed by atoms with E-state index in [0.717, 1.165) is 17.1 Å². The zero-order valence-electron chi connectivity index (χ0n) is 10.8. The number of halogens is 1. The number of nitrogens with one attached hydrogen (secondary N) is 1. The molecular weight excluding hydrogens is 242 g/mol. The molecule has 0 amide bonds. The number of rotatable bonds is 4. The lowest BCUT2D eigenvalue weighted by atomic mass is 10.1. The van der Waals surface area contributed by atoms with E-state index in [-0.39, 0.29) is 6.04 Å². The fourth-order valence-electron chi connectivity index (χ4n) is 2.03. The van der Waals surface area contributed by atoms with Crippen molar-refractivity contribution in [3.63, 3.8) is 0 Å². The van der Waals surface area contributed by atoms with Gasteiger partial charge in [-0.2, -0.15) is 0 Å². The molecule has 2 aromatic carbocycles. The smallest absolute Gasteiger partial charge is 0.0453 e. The van der Waals surface area contributed by atoms with Crippen molar-refractivity contribution in [2.75, 3.05) is 0 Å². The second-order valence-electron chi connectivity index (χ2n) is 4.61. The highest BCUT2D eigenvalue weighted by Crippen LogP contribution is 2.22. The van der Waals surface area contributed by atoms with Gasteiger partial charge in [0, 0.05) is 17.6 Å². The quantitative estimate of drug-likeness (QED) is 0.853. The third kappa shape index (κ3) is 3.34. The molecule has 0 aliphatic carbocycles. The minimum absolute atomic E-state index is 0.249. The van der Waals surface area contributed by atoms with Gasteiger partial charge >= 0.3 is 0 Å². The molecule has 0 bridgehead atoms. The molecule has 0 saturated heterocycles. The van der Waals surface area contributed by atoms with Crippen molar-refractivity contribution in [3.05, 3.63) is 70.2 Å². The van der Waals surface area contributed by atoms with Crippen molar-refractivity contribution in [2.24, 2.45) is 0 Å². The molecule has 1 N–H and O–H groups in total. The first kappa shape index (κ1) is 13.1. The first-order chi connectivity index (χ1) is 8.66. The average Bonchev–Trinajstić information content (AvgIpc) is 2.37. The van der Waals surface area contributed by atoms with Crippen LogP contribution in [0.3, 0.4) is 0 Å². The lowest BCUT2D eigenvalue weighted by Gasteiger charge is -2.15. The van der Waals surface area contributed by atoms with Gasteiger partial charge in [-0.3, -0.25) is 0 Å². The van der Waals surface area contributed by atoms with Gasteiger partial charge in [0.05, 0.1) is 0 Å². The van der Waals surface area contributed by atoms with Gasteiger partial charge in [0.25, 0.3) is 0 Å². The summed E-state index contributed by atoms with van der Waals surface area (Å²) in [6, 6.07) is 16.8. The van der Waals surface area contributed by atoms with E-state index in [4.69, 9.17) is 11.6 Å². The Bertz CT molecular complexity index is 522. The lowest BCUT2D eigenvalue weighted by molar-refractivity contribution is 0.575. The van der Waals surface area contributed by atoms with Crippen LogP contribution in [-0.4, -0.2) is 0 Å². The minimum Gasteiger partial charge on any atom is -0.306 e. The Morgan fingerprint density at radius 3 is 2.61 bits per heavy atom. The number of hydrogen-bond acceptors (Lipinski definition) is 1. The average molecular weight is 260 g/mol. The summed E-state index contributed by atoms with van der Waals surface area (Å²) in [6.07, 6.45) is 0. The van der Waals surface area contributed by atoms with Crippen LogP contribution < -0.4 is 5.32 Å². The molecule has 0 aliphatic rings. The third-order valence-corrected chi connectivity index (χ3v) is 3.41. The fraction of sp³-hybridized carbons (Fsp3) is 0.250. The van der Waals surface area contributed by atoms with E-state index in [0.29, 0.717) is 0 Å². The summed E-state index contributed by atoms with van der Waals surface area (Å²) < 4.78 is 0. The van der Waals surface area contributed by atoms with E-state index in [1.165, 1.54) is 11.1 Å². The maximum Gasteiger partial charge on any atom is 0.0453 e. The van der Waals surface area contributed by atoms with Gasteiger partial charge in [-0.15, -0.1) is 0 Å². The van der Waals surface area contributed by atoms with Crippen LogP contribution in [0, 0.1) is 6.92 Å². The van der Waals surface area contributed by atoms with Crippen molar-refractivity contribution >= 4 is 11.6 Å². The Labute approximate surface area is 114 Å².